The summed E-state index contributed by atoms with van der Waals surface area (Å²) in [6, 6.07) is 0.385. The van der Waals surface area contributed by atoms with E-state index in [2.05, 4.69) is 4.98 Å². The monoisotopic (exact) mass is 294 g/mol. The van der Waals surface area contributed by atoms with Crippen LogP contribution in [0.5, 0.6) is 0 Å². The maximum absolute atomic E-state index is 12.5. The van der Waals surface area contributed by atoms with Crippen molar-refractivity contribution in [3.05, 3.63) is 16.1 Å². The summed E-state index contributed by atoms with van der Waals surface area (Å²) in [5.74, 6) is 0.186. The third-order valence-electron chi connectivity index (χ3n) is 3.57. The molecule has 0 radical (unpaired) electrons. The van der Waals surface area contributed by atoms with E-state index in [1.54, 1.807) is 12.3 Å². The Labute approximate surface area is 121 Å². The number of carbonyl (C=O) groups is 2. The van der Waals surface area contributed by atoms with Crippen LogP contribution in [0.15, 0.2) is 5.38 Å². The van der Waals surface area contributed by atoms with Gasteiger partial charge in [0.15, 0.2) is 0 Å². The fourth-order valence-corrected chi connectivity index (χ4v) is 2.85. The van der Waals surface area contributed by atoms with E-state index in [1.807, 2.05) is 4.90 Å². The van der Waals surface area contributed by atoms with Gasteiger partial charge in [0, 0.05) is 18.0 Å². The second-order valence-electron chi connectivity index (χ2n) is 5.39. The summed E-state index contributed by atoms with van der Waals surface area (Å²) in [4.78, 5) is 30.2. The second kappa shape index (κ2) is 5.52. The molecule has 1 amide bonds. The van der Waals surface area contributed by atoms with E-state index in [1.165, 1.54) is 24.2 Å². The SMILES string of the molecule is CCOC(=O)c1nc(C(=O)N(CC2CC2)C2CC2)cs1. The topological polar surface area (TPSA) is 59.5 Å². The van der Waals surface area contributed by atoms with Gasteiger partial charge in [-0.3, -0.25) is 4.79 Å². The number of hydrogen-bond donors (Lipinski definition) is 0. The summed E-state index contributed by atoms with van der Waals surface area (Å²) in [7, 11) is 0. The highest BCUT2D eigenvalue weighted by atomic mass is 32.1. The number of esters is 1. The third kappa shape index (κ3) is 3.00. The van der Waals surface area contributed by atoms with Gasteiger partial charge in [0.05, 0.1) is 6.61 Å². The van der Waals surface area contributed by atoms with Crippen molar-refractivity contribution in [3.63, 3.8) is 0 Å². The molecule has 0 atom stereocenters. The molecular weight excluding hydrogens is 276 g/mol. The van der Waals surface area contributed by atoms with E-state index in [-0.39, 0.29) is 10.9 Å². The quantitative estimate of drug-likeness (QED) is 0.756. The zero-order valence-electron chi connectivity index (χ0n) is 11.5. The van der Waals surface area contributed by atoms with Gasteiger partial charge >= 0.3 is 5.97 Å². The Morgan fingerprint density at radius 3 is 2.75 bits per heavy atom. The molecule has 0 unspecified atom stereocenters. The molecule has 1 aromatic rings. The lowest BCUT2D eigenvalue weighted by Gasteiger charge is -2.21. The van der Waals surface area contributed by atoms with Gasteiger partial charge in [-0.05, 0) is 38.5 Å². The molecule has 0 aliphatic heterocycles. The molecule has 2 fully saturated rings. The second-order valence-corrected chi connectivity index (χ2v) is 6.25. The van der Waals surface area contributed by atoms with Crippen LogP contribution in [0, 0.1) is 5.92 Å². The summed E-state index contributed by atoms with van der Waals surface area (Å²) in [5.41, 5.74) is 0.380. The molecule has 0 aromatic carbocycles. The minimum atomic E-state index is -0.447. The Hall–Kier alpha value is -1.43. The van der Waals surface area contributed by atoms with Gasteiger partial charge in [0.2, 0.25) is 5.01 Å². The molecule has 2 aliphatic carbocycles. The highest BCUT2D eigenvalue weighted by Gasteiger charge is 2.37. The first-order chi connectivity index (χ1) is 9.69. The van der Waals surface area contributed by atoms with Gasteiger partial charge in [0.1, 0.15) is 5.69 Å². The predicted molar refractivity (Wildman–Crippen MR) is 74.9 cm³/mol. The van der Waals surface area contributed by atoms with Crippen LogP contribution < -0.4 is 0 Å². The lowest BCUT2D eigenvalue weighted by atomic mass is 10.3. The van der Waals surface area contributed by atoms with Crippen LogP contribution in [0.25, 0.3) is 0 Å². The van der Waals surface area contributed by atoms with Crippen molar-refractivity contribution in [1.82, 2.24) is 9.88 Å². The zero-order valence-corrected chi connectivity index (χ0v) is 12.3. The molecule has 0 bridgehead atoms. The number of hydrogen-bond acceptors (Lipinski definition) is 5. The van der Waals surface area contributed by atoms with E-state index < -0.39 is 5.97 Å². The number of amides is 1. The zero-order chi connectivity index (χ0) is 14.1. The van der Waals surface area contributed by atoms with Crippen LogP contribution in [0.1, 0.15) is 52.9 Å². The van der Waals surface area contributed by atoms with Gasteiger partial charge in [-0.2, -0.15) is 0 Å². The molecule has 0 N–H and O–H groups in total. The van der Waals surface area contributed by atoms with Crippen molar-refractivity contribution in [2.45, 2.75) is 38.6 Å². The normalized spacial score (nSPS) is 17.9. The standard InChI is InChI=1S/C14H18N2O3S/c1-2-19-14(18)12-15-11(8-20-12)13(17)16(10-5-6-10)7-9-3-4-9/h8-10H,2-7H2,1H3. The Kier molecular flexibility index (Phi) is 3.74. The number of ether oxygens (including phenoxy) is 1. The number of aromatic nitrogens is 1. The molecule has 1 aromatic heterocycles. The highest BCUT2D eigenvalue weighted by Crippen LogP contribution is 2.35. The summed E-state index contributed by atoms with van der Waals surface area (Å²) in [6.45, 7) is 2.91. The molecule has 2 saturated carbocycles. The van der Waals surface area contributed by atoms with Gasteiger partial charge in [0.25, 0.3) is 5.91 Å². The van der Waals surface area contributed by atoms with Crippen LogP contribution >= 0.6 is 11.3 Å². The van der Waals surface area contributed by atoms with E-state index >= 15 is 0 Å². The van der Waals surface area contributed by atoms with Crippen molar-refractivity contribution >= 4 is 23.2 Å². The first kappa shape index (κ1) is 13.5. The van der Waals surface area contributed by atoms with Gasteiger partial charge in [-0.15, -0.1) is 11.3 Å². The number of nitrogens with zero attached hydrogens (tertiary/aromatic N) is 2. The smallest absolute Gasteiger partial charge is 0.367 e. The number of thiazole rings is 1. The summed E-state index contributed by atoms with van der Waals surface area (Å²) in [5, 5.41) is 1.93. The van der Waals surface area contributed by atoms with E-state index in [9.17, 15) is 9.59 Å². The van der Waals surface area contributed by atoms with Gasteiger partial charge < -0.3 is 9.64 Å². The molecule has 3 rings (SSSR count). The van der Waals surface area contributed by atoms with Crippen molar-refractivity contribution in [2.24, 2.45) is 5.92 Å². The molecule has 6 heteroatoms. The fourth-order valence-electron chi connectivity index (χ4n) is 2.17. The van der Waals surface area contributed by atoms with E-state index in [4.69, 9.17) is 4.74 Å². The summed E-state index contributed by atoms with van der Waals surface area (Å²) >= 11 is 1.18. The molecule has 0 spiro atoms. The maximum Gasteiger partial charge on any atom is 0.367 e. The van der Waals surface area contributed by atoms with Crippen molar-refractivity contribution < 1.29 is 14.3 Å². The predicted octanol–water partition coefficient (Wildman–Crippen LogP) is 2.33. The largest absolute Gasteiger partial charge is 0.461 e. The molecule has 1 heterocycles. The summed E-state index contributed by atoms with van der Waals surface area (Å²) in [6.07, 6.45) is 4.63. The van der Waals surface area contributed by atoms with Crippen LogP contribution in [-0.4, -0.2) is 41.0 Å². The van der Waals surface area contributed by atoms with Crippen LogP contribution in [-0.2, 0) is 4.74 Å². The van der Waals surface area contributed by atoms with Gasteiger partial charge in [-0.25, -0.2) is 9.78 Å². The highest BCUT2D eigenvalue weighted by molar-refractivity contribution is 7.11. The molecular formula is C14H18N2O3S. The molecule has 5 nitrogen and oxygen atoms in total. The van der Waals surface area contributed by atoms with E-state index in [0.717, 1.165) is 19.4 Å². The summed E-state index contributed by atoms with van der Waals surface area (Å²) < 4.78 is 4.90. The first-order valence-electron chi connectivity index (χ1n) is 7.12. The maximum atomic E-state index is 12.5. The average Bonchev–Trinajstić information content (AvgIpc) is 3.34. The minimum absolute atomic E-state index is 0.0359. The van der Waals surface area contributed by atoms with Crippen LogP contribution in [0.3, 0.4) is 0 Å². The molecule has 108 valence electrons. The lowest BCUT2D eigenvalue weighted by Crippen LogP contribution is -2.35. The Bertz CT molecular complexity index is 520. The lowest BCUT2D eigenvalue weighted by molar-refractivity contribution is 0.0526. The third-order valence-corrected chi connectivity index (χ3v) is 4.40. The number of carbonyl (C=O) groups excluding carboxylic acids is 2. The molecule has 0 saturated heterocycles. The molecule has 2 aliphatic rings. The number of rotatable bonds is 6. The Morgan fingerprint density at radius 1 is 1.40 bits per heavy atom. The van der Waals surface area contributed by atoms with Crippen molar-refractivity contribution in [1.29, 1.82) is 0 Å². The van der Waals surface area contributed by atoms with Crippen LogP contribution in [0.4, 0.5) is 0 Å². The van der Waals surface area contributed by atoms with Crippen molar-refractivity contribution in [3.8, 4) is 0 Å². The molecule has 20 heavy (non-hydrogen) atoms. The minimum Gasteiger partial charge on any atom is -0.461 e. The van der Waals surface area contributed by atoms with Crippen molar-refractivity contribution in [2.75, 3.05) is 13.2 Å². The Balaban J connectivity index is 1.70. The first-order valence-corrected chi connectivity index (χ1v) is 8.00. The van der Waals surface area contributed by atoms with Crippen LogP contribution in [0.2, 0.25) is 0 Å². The van der Waals surface area contributed by atoms with E-state index in [0.29, 0.717) is 24.3 Å². The fraction of sp³-hybridized carbons (Fsp3) is 0.643. The Morgan fingerprint density at radius 2 is 2.15 bits per heavy atom. The van der Waals surface area contributed by atoms with Gasteiger partial charge in [-0.1, -0.05) is 0 Å². The average molecular weight is 294 g/mol.